The summed E-state index contributed by atoms with van der Waals surface area (Å²) in [6.07, 6.45) is 2.13. The van der Waals surface area contributed by atoms with Gasteiger partial charge < -0.3 is 25.3 Å². The Balaban J connectivity index is 0.000000271. The number of primary amides is 1. The predicted molar refractivity (Wildman–Crippen MR) is 141 cm³/mol. The number of H-pyrrole nitrogens is 1. The molecule has 5 rings (SSSR count). The molecule has 0 aliphatic carbocycles. The number of likely N-dealkylation sites (tertiary alicyclic amines) is 1. The molecule has 0 radical (unpaired) electrons. The molecule has 1 aliphatic heterocycles. The maximum absolute atomic E-state index is 12.0. The van der Waals surface area contributed by atoms with Crippen molar-refractivity contribution in [3.05, 3.63) is 65.7 Å². The quantitative estimate of drug-likeness (QED) is 0.426. The number of benzene rings is 3. The molecule has 7 heteroatoms. The van der Waals surface area contributed by atoms with Gasteiger partial charge in [0.1, 0.15) is 12.0 Å². The lowest BCUT2D eigenvalue weighted by Crippen LogP contribution is -2.30. The van der Waals surface area contributed by atoms with Crippen molar-refractivity contribution < 1.29 is 14.3 Å². The highest BCUT2D eigenvalue weighted by atomic mass is 16.5. The lowest BCUT2D eigenvalue weighted by atomic mass is 9.98. The van der Waals surface area contributed by atoms with Crippen molar-refractivity contribution in [2.45, 2.75) is 12.5 Å². The van der Waals surface area contributed by atoms with Crippen LogP contribution >= 0.6 is 0 Å². The van der Waals surface area contributed by atoms with Gasteiger partial charge in [0.05, 0.1) is 18.2 Å². The maximum atomic E-state index is 12.0. The van der Waals surface area contributed by atoms with E-state index in [9.17, 15) is 9.59 Å². The zero-order valence-corrected chi connectivity index (χ0v) is 20.7. The number of hydrogen-bond acceptors (Lipinski definition) is 5. The lowest BCUT2D eigenvalue weighted by Gasteiger charge is -2.17. The fourth-order valence-corrected chi connectivity index (χ4v) is 4.59. The fraction of sp³-hybridized carbons (Fsp3) is 0.286. The van der Waals surface area contributed by atoms with Gasteiger partial charge >= 0.3 is 0 Å². The molecule has 1 fully saturated rings. The molecule has 1 saturated heterocycles. The van der Waals surface area contributed by atoms with E-state index in [-0.39, 0.29) is 0 Å². The van der Waals surface area contributed by atoms with Gasteiger partial charge in [-0.15, -0.1) is 0 Å². The van der Waals surface area contributed by atoms with E-state index in [4.69, 9.17) is 10.5 Å². The monoisotopic (exact) mass is 472 g/mol. The SMILES string of the molecule is CN1CC[C@H](N(C)C)C1.COc1cccc(-c2cc(C(N)=O)c3[nH]c4cc(C=O)ccc4c3c2)c1. The Morgan fingerprint density at radius 1 is 1.11 bits per heavy atom. The molecule has 2 heterocycles. The van der Waals surface area contributed by atoms with Gasteiger partial charge in [0.2, 0.25) is 0 Å². The Morgan fingerprint density at radius 2 is 1.91 bits per heavy atom. The van der Waals surface area contributed by atoms with Gasteiger partial charge in [-0.3, -0.25) is 9.59 Å². The molecular formula is C28H32N4O3. The van der Waals surface area contributed by atoms with E-state index in [1.165, 1.54) is 19.5 Å². The number of nitrogens with one attached hydrogen (secondary N) is 1. The molecule has 182 valence electrons. The number of carbonyl (C=O) groups excluding carboxylic acids is 2. The van der Waals surface area contributed by atoms with Crippen molar-refractivity contribution in [3.8, 4) is 16.9 Å². The minimum atomic E-state index is -0.512. The first-order valence-electron chi connectivity index (χ1n) is 11.6. The van der Waals surface area contributed by atoms with Crippen LogP contribution in [0.4, 0.5) is 0 Å². The van der Waals surface area contributed by atoms with E-state index in [0.717, 1.165) is 45.5 Å². The van der Waals surface area contributed by atoms with E-state index in [0.29, 0.717) is 16.6 Å². The molecule has 1 atom stereocenters. The van der Waals surface area contributed by atoms with E-state index in [1.807, 2.05) is 36.4 Å². The smallest absolute Gasteiger partial charge is 0.250 e. The number of nitrogens with two attached hydrogens (primary N) is 1. The first-order chi connectivity index (χ1) is 16.8. The summed E-state index contributed by atoms with van der Waals surface area (Å²) in [5, 5.41) is 1.81. The summed E-state index contributed by atoms with van der Waals surface area (Å²) in [7, 11) is 8.11. The van der Waals surface area contributed by atoms with Crippen molar-refractivity contribution >= 4 is 34.0 Å². The average molecular weight is 473 g/mol. The molecule has 0 saturated carbocycles. The number of ether oxygens (including phenoxy) is 1. The number of aromatic nitrogens is 1. The van der Waals surface area contributed by atoms with E-state index in [2.05, 4.69) is 35.9 Å². The van der Waals surface area contributed by atoms with Crippen LogP contribution in [0.25, 0.3) is 32.9 Å². The number of likely N-dealkylation sites (N-methyl/N-ethyl adjacent to an activating group) is 2. The normalized spacial score (nSPS) is 15.9. The maximum Gasteiger partial charge on any atom is 0.250 e. The summed E-state index contributed by atoms with van der Waals surface area (Å²) in [6.45, 7) is 2.51. The van der Waals surface area contributed by atoms with E-state index in [1.54, 1.807) is 25.3 Å². The third-order valence-electron chi connectivity index (χ3n) is 6.63. The number of rotatable bonds is 5. The second kappa shape index (κ2) is 10.3. The van der Waals surface area contributed by atoms with Crippen molar-refractivity contribution in [2.75, 3.05) is 41.3 Å². The van der Waals surface area contributed by atoms with Crippen LogP contribution in [0.5, 0.6) is 5.75 Å². The van der Waals surface area contributed by atoms with Crippen LogP contribution in [0, 0.1) is 0 Å². The number of aromatic amines is 1. The number of aldehydes is 1. The Labute approximate surface area is 205 Å². The number of methoxy groups -OCH3 is 1. The zero-order valence-electron chi connectivity index (χ0n) is 20.7. The summed E-state index contributed by atoms with van der Waals surface area (Å²) in [6, 6.07) is 17.6. The molecule has 7 nitrogen and oxygen atoms in total. The van der Waals surface area contributed by atoms with E-state index >= 15 is 0 Å². The van der Waals surface area contributed by atoms with Crippen LogP contribution in [0.1, 0.15) is 27.1 Å². The van der Waals surface area contributed by atoms with Crippen LogP contribution < -0.4 is 10.5 Å². The van der Waals surface area contributed by atoms with Gasteiger partial charge in [-0.05, 0) is 75.6 Å². The molecule has 0 spiro atoms. The largest absolute Gasteiger partial charge is 0.497 e. The molecule has 1 aliphatic rings. The lowest BCUT2D eigenvalue weighted by molar-refractivity contribution is 0.100. The molecule has 0 unspecified atom stereocenters. The molecular weight excluding hydrogens is 440 g/mol. The zero-order chi connectivity index (χ0) is 25.1. The minimum Gasteiger partial charge on any atom is -0.497 e. The third-order valence-corrected chi connectivity index (χ3v) is 6.63. The van der Waals surface area contributed by atoms with Crippen LogP contribution in [-0.4, -0.2) is 74.4 Å². The van der Waals surface area contributed by atoms with Gasteiger partial charge in [0.25, 0.3) is 5.91 Å². The third kappa shape index (κ3) is 5.21. The number of hydrogen-bond donors (Lipinski definition) is 2. The van der Waals surface area contributed by atoms with Crippen LogP contribution in [0.2, 0.25) is 0 Å². The Bertz CT molecular complexity index is 1380. The highest BCUT2D eigenvalue weighted by molar-refractivity contribution is 6.16. The molecule has 1 amide bonds. The summed E-state index contributed by atoms with van der Waals surface area (Å²) < 4.78 is 5.29. The van der Waals surface area contributed by atoms with Gasteiger partial charge in [-0.1, -0.05) is 24.3 Å². The summed E-state index contributed by atoms with van der Waals surface area (Å²) in [5.74, 6) is 0.222. The highest BCUT2D eigenvalue weighted by Crippen LogP contribution is 2.34. The summed E-state index contributed by atoms with van der Waals surface area (Å²) in [5.41, 5.74) is 9.84. The van der Waals surface area contributed by atoms with Crippen molar-refractivity contribution in [2.24, 2.45) is 5.73 Å². The standard InChI is InChI=1S/C21H16N2O3.C7H16N2/c1-26-15-4-2-3-13(8-15)14-9-17-16-6-5-12(11-24)7-19(16)23-20(17)18(10-14)21(22)25;1-8(2)7-4-5-9(3)6-7/h2-11,23H,1H3,(H2,22,25);7H,4-6H2,1-3H3/t;7-/m.0/s1. The molecule has 0 bridgehead atoms. The minimum absolute atomic E-state index is 0.407. The highest BCUT2D eigenvalue weighted by Gasteiger charge is 2.20. The van der Waals surface area contributed by atoms with Crippen LogP contribution in [-0.2, 0) is 0 Å². The summed E-state index contributed by atoms with van der Waals surface area (Å²) >= 11 is 0. The Kier molecular flexibility index (Phi) is 7.19. The predicted octanol–water partition coefficient (Wildman–Crippen LogP) is 4.16. The molecule has 1 aromatic heterocycles. The fourth-order valence-electron chi connectivity index (χ4n) is 4.59. The molecule has 3 aromatic carbocycles. The Hall–Kier alpha value is -3.68. The van der Waals surface area contributed by atoms with Gasteiger partial charge in [0.15, 0.2) is 0 Å². The van der Waals surface area contributed by atoms with Gasteiger partial charge in [0, 0.05) is 34.4 Å². The Morgan fingerprint density at radius 3 is 2.51 bits per heavy atom. The second-order valence-electron chi connectivity index (χ2n) is 9.26. The first-order valence-corrected chi connectivity index (χ1v) is 11.6. The van der Waals surface area contributed by atoms with Crippen molar-refractivity contribution in [1.29, 1.82) is 0 Å². The van der Waals surface area contributed by atoms with E-state index < -0.39 is 5.91 Å². The van der Waals surface area contributed by atoms with Gasteiger partial charge in [-0.25, -0.2) is 0 Å². The van der Waals surface area contributed by atoms with Crippen molar-refractivity contribution in [1.82, 2.24) is 14.8 Å². The van der Waals surface area contributed by atoms with Crippen LogP contribution in [0.3, 0.4) is 0 Å². The topological polar surface area (TPSA) is 91.7 Å². The molecule has 4 aromatic rings. The molecule has 35 heavy (non-hydrogen) atoms. The number of amides is 1. The van der Waals surface area contributed by atoms with Gasteiger partial charge in [-0.2, -0.15) is 0 Å². The van der Waals surface area contributed by atoms with Crippen molar-refractivity contribution in [3.63, 3.8) is 0 Å². The molecule has 3 N–H and O–H groups in total. The average Bonchev–Trinajstić information content (AvgIpc) is 3.46. The second-order valence-corrected chi connectivity index (χ2v) is 9.26. The summed E-state index contributed by atoms with van der Waals surface area (Å²) in [4.78, 5) is 31.0. The number of fused-ring (bicyclic) bond motifs is 3. The van der Waals surface area contributed by atoms with Crippen LogP contribution in [0.15, 0.2) is 54.6 Å². The number of carbonyl (C=O) groups is 2. The number of nitrogens with zero attached hydrogens (tertiary/aromatic N) is 2. The first kappa shape index (κ1) is 24.4.